The molecule has 31 heavy (non-hydrogen) atoms. The van der Waals surface area contributed by atoms with Gasteiger partial charge in [0.05, 0.1) is 12.7 Å². The fraction of sp³-hybridized carbons (Fsp3) is 0.150. The molecule has 0 saturated heterocycles. The standard InChI is InChI=1S/C20H18N6O5/c27-17-7-13(9-22-19(17)20(30)23-10-18(28)29)16-11-26(25-24-16)5-6-31-14-2-1-12-3-4-21-15(12)8-14/h1-4,7-9,11,21,27H,5-6,10H2,(H,23,30)(H,28,29). The van der Waals surface area contributed by atoms with E-state index in [1.807, 2.05) is 30.5 Å². The first kappa shape index (κ1) is 19.9. The van der Waals surface area contributed by atoms with Crippen LogP contribution in [0.4, 0.5) is 0 Å². The Bertz CT molecular complexity index is 1250. The summed E-state index contributed by atoms with van der Waals surface area (Å²) in [6.07, 6.45) is 4.89. The van der Waals surface area contributed by atoms with Crippen LogP contribution in [0.15, 0.2) is 48.9 Å². The van der Waals surface area contributed by atoms with Crippen molar-refractivity contribution in [2.75, 3.05) is 13.2 Å². The van der Waals surface area contributed by atoms with Gasteiger partial charge in [-0.15, -0.1) is 5.10 Å². The number of nitrogens with one attached hydrogen (secondary N) is 2. The van der Waals surface area contributed by atoms with Crippen molar-refractivity contribution in [3.8, 4) is 22.8 Å². The van der Waals surface area contributed by atoms with E-state index in [1.54, 1.807) is 10.9 Å². The molecule has 4 rings (SSSR count). The van der Waals surface area contributed by atoms with E-state index in [9.17, 15) is 14.7 Å². The Kier molecular flexibility index (Phi) is 5.47. The normalized spacial score (nSPS) is 10.8. The number of carboxylic acid groups (broad SMARTS) is 1. The van der Waals surface area contributed by atoms with Crippen LogP contribution < -0.4 is 10.1 Å². The third-order valence-electron chi connectivity index (χ3n) is 4.43. The minimum atomic E-state index is -1.20. The molecule has 158 valence electrons. The van der Waals surface area contributed by atoms with Gasteiger partial charge in [-0.05, 0) is 29.7 Å². The van der Waals surface area contributed by atoms with Gasteiger partial charge in [0.2, 0.25) is 0 Å². The number of pyridine rings is 1. The van der Waals surface area contributed by atoms with E-state index in [-0.39, 0.29) is 5.69 Å². The SMILES string of the molecule is O=C(O)CNC(=O)c1ncc(-c2cn(CCOc3ccc4cc[nH]c4c3)nn2)cc1O. The summed E-state index contributed by atoms with van der Waals surface area (Å²) in [5, 5.41) is 30.0. The van der Waals surface area contributed by atoms with Gasteiger partial charge in [0.15, 0.2) is 5.69 Å². The number of aromatic amines is 1. The van der Waals surface area contributed by atoms with Gasteiger partial charge in [-0.3, -0.25) is 9.59 Å². The Hall–Kier alpha value is -4.41. The van der Waals surface area contributed by atoms with Crippen LogP contribution in [0.2, 0.25) is 0 Å². The molecule has 0 aliphatic rings. The lowest BCUT2D eigenvalue weighted by atomic mass is 10.2. The first-order valence-electron chi connectivity index (χ1n) is 9.29. The van der Waals surface area contributed by atoms with Gasteiger partial charge in [0, 0.05) is 29.5 Å². The van der Waals surface area contributed by atoms with Crippen LogP contribution in [-0.2, 0) is 11.3 Å². The van der Waals surface area contributed by atoms with Crippen molar-refractivity contribution in [3.63, 3.8) is 0 Å². The van der Waals surface area contributed by atoms with Crippen LogP contribution in [0.25, 0.3) is 22.2 Å². The number of aliphatic carboxylic acids is 1. The number of aromatic hydroxyl groups is 1. The molecule has 3 heterocycles. The van der Waals surface area contributed by atoms with Gasteiger partial charge in [-0.25, -0.2) is 9.67 Å². The van der Waals surface area contributed by atoms with Crippen molar-refractivity contribution in [1.82, 2.24) is 30.3 Å². The molecule has 1 amide bonds. The van der Waals surface area contributed by atoms with Crippen molar-refractivity contribution in [3.05, 3.63) is 54.6 Å². The summed E-state index contributed by atoms with van der Waals surface area (Å²) in [5.41, 5.74) is 1.63. The second kappa shape index (κ2) is 8.53. The Morgan fingerprint density at radius 2 is 2.10 bits per heavy atom. The Morgan fingerprint density at radius 1 is 1.23 bits per heavy atom. The number of benzene rings is 1. The average Bonchev–Trinajstić information content (AvgIpc) is 3.41. The number of carbonyl (C=O) groups excluding carboxylic acids is 1. The predicted molar refractivity (Wildman–Crippen MR) is 109 cm³/mol. The average molecular weight is 422 g/mol. The fourth-order valence-electron chi connectivity index (χ4n) is 2.92. The van der Waals surface area contributed by atoms with Crippen LogP contribution in [-0.4, -0.2) is 60.2 Å². The highest BCUT2D eigenvalue weighted by Gasteiger charge is 2.16. The summed E-state index contributed by atoms with van der Waals surface area (Å²) in [6, 6.07) is 9.09. The second-order valence-electron chi connectivity index (χ2n) is 6.61. The smallest absolute Gasteiger partial charge is 0.322 e. The zero-order chi connectivity index (χ0) is 21.8. The lowest BCUT2D eigenvalue weighted by molar-refractivity contribution is -0.135. The number of carbonyl (C=O) groups is 2. The van der Waals surface area contributed by atoms with Gasteiger partial charge in [0.25, 0.3) is 5.91 Å². The van der Waals surface area contributed by atoms with Crippen molar-refractivity contribution in [1.29, 1.82) is 0 Å². The van der Waals surface area contributed by atoms with Crippen LogP contribution >= 0.6 is 0 Å². The number of H-pyrrole nitrogens is 1. The number of amides is 1. The highest BCUT2D eigenvalue weighted by atomic mass is 16.5. The number of carboxylic acids is 1. The molecule has 11 heteroatoms. The van der Waals surface area contributed by atoms with Gasteiger partial charge in [0.1, 0.15) is 30.3 Å². The molecule has 0 aliphatic carbocycles. The summed E-state index contributed by atoms with van der Waals surface area (Å²) in [4.78, 5) is 29.4. The quantitative estimate of drug-likeness (QED) is 0.332. The Morgan fingerprint density at radius 3 is 2.90 bits per heavy atom. The summed E-state index contributed by atoms with van der Waals surface area (Å²) < 4.78 is 7.35. The van der Waals surface area contributed by atoms with Gasteiger partial charge < -0.3 is 25.3 Å². The minimum Gasteiger partial charge on any atom is -0.505 e. The number of aromatic nitrogens is 5. The first-order chi connectivity index (χ1) is 15.0. The number of nitrogens with zero attached hydrogens (tertiary/aromatic N) is 4. The largest absolute Gasteiger partial charge is 0.505 e. The number of hydrogen-bond donors (Lipinski definition) is 4. The molecule has 0 unspecified atom stereocenters. The molecule has 4 aromatic rings. The number of rotatable bonds is 8. The van der Waals surface area contributed by atoms with Gasteiger partial charge in [-0.2, -0.15) is 0 Å². The van der Waals surface area contributed by atoms with Crippen LogP contribution in [0.1, 0.15) is 10.5 Å². The predicted octanol–water partition coefficient (Wildman–Crippen LogP) is 1.42. The molecule has 4 N–H and O–H groups in total. The second-order valence-corrected chi connectivity index (χ2v) is 6.61. The third-order valence-corrected chi connectivity index (χ3v) is 4.43. The Balaban J connectivity index is 1.37. The molecule has 11 nitrogen and oxygen atoms in total. The number of hydrogen-bond acceptors (Lipinski definition) is 7. The van der Waals surface area contributed by atoms with Crippen molar-refractivity contribution in [2.45, 2.75) is 6.54 Å². The molecule has 0 radical (unpaired) electrons. The molecule has 3 aromatic heterocycles. The van der Waals surface area contributed by atoms with E-state index in [2.05, 4.69) is 25.6 Å². The van der Waals surface area contributed by atoms with Crippen molar-refractivity contribution in [2.24, 2.45) is 0 Å². The van der Waals surface area contributed by atoms with E-state index in [4.69, 9.17) is 9.84 Å². The van der Waals surface area contributed by atoms with E-state index in [1.165, 1.54) is 12.3 Å². The highest BCUT2D eigenvalue weighted by Crippen LogP contribution is 2.23. The summed E-state index contributed by atoms with van der Waals surface area (Å²) in [6.45, 7) is 0.253. The van der Waals surface area contributed by atoms with E-state index < -0.39 is 24.2 Å². The van der Waals surface area contributed by atoms with Crippen LogP contribution in [0.3, 0.4) is 0 Å². The van der Waals surface area contributed by atoms with Crippen LogP contribution in [0, 0.1) is 0 Å². The molecular formula is C20H18N6O5. The van der Waals surface area contributed by atoms with Crippen LogP contribution in [0.5, 0.6) is 11.5 Å². The minimum absolute atomic E-state index is 0.273. The van der Waals surface area contributed by atoms with Crippen molar-refractivity contribution >= 4 is 22.8 Å². The molecule has 0 bridgehead atoms. The third kappa shape index (κ3) is 4.61. The summed E-state index contributed by atoms with van der Waals surface area (Å²) in [5.74, 6) is -1.64. The van der Waals surface area contributed by atoms with Gasteiger partial charge >= 0.3 is 5.97 Å². The zero-order valence-electron chi connectivity index (χ0n) is 16.1. The first-order valence-corrected chi connectivity index (χ1v) is 9.29. The number of fused-ring (bicyclic) bond motifs is 1. The lowest BCUT2D eigenvalue weighted by Crippen LogP contribution is -2.29. The molecule has 0 spiro atoms. The Labute approximate surface area is 175 Å². The maximum absolute atomic E-state index is 11.9. The molecule has 0 saturated carbocycles. The number of ether oxygens (including phenoxy) is 1. The molecular weight excluding hydrogens is 404 g/mol. The lowest BCUT2D eigenvalue weighted by Gasteiger charge is -2.06. The summed E-state index contributed by atoms with van der Waals surface area (Å²) >= 11 is 0. The topological polar surface area (TPSA) is 155 Å². The maximum Gasteiger partial charge on any atom is 0.322 e. The fourth-order valence-corrected chi connectivity index (χ4v) is 2.92. The maximum atomic E-state index is 11.9. The molecule has 0 aliphatic heterocycles. The highest BCUT2D eigenvalue weighted by molar-refractivity contribution is 5.96. The van der Waals surface area contributed by atoms with E-state index >= 15 is 0 Å². The van der Waals surface area contributed by atoms with Gasteiger partial charge in [-0.1, -0.05) is 5.21 Å². The molecule has 0 fully saturated rings. The summed E-state index contributed by atoms with van der Waals surface area (Å²) in [7, 11) is 0. The zero-order valence-corrected chi connectivity index (χ0v) is 16.1. The monoisotopic (exact) mass is 422 g/mol. The van der Waals surface area contributed by atoms with E-state index in [0.717, 1.165) is 16.7 Å². The molecule has 1 aromatic carbocycles. The van der Waals surface area contributed by atoms with E-state index in [0.29, 0.717) is 24.4 Å². The van der Waals surface area contributed by atoms with Crippen molar-refractivity contribution < 1.29 is 24.5 Å². The molecule has 0 atom stereocenters.